The standard InChI is InChI=1S/C19H27NO2/c21-19(17-7-4-8-17,16-5-2-1-3-6-16)14-22-18-13-20-11-9-15(18)10-12-20/h1-3,5-6,15,17-18,21H,4,7-14H2/t18-,19+/m1/s1. The number of ether oxygens (including phenoxy) is 1. The number of hydrogen-bond acceptors (Lipinski definition) is 3. The van der Waals surface area contributed by atoms with Gasteiger partial charge in [-0.25, -0.2) is 0 Å². The minimum Gasteiger partial charge on any atom is -0.382 e. The van der Waals surface area contributed by atoms with Crippen LogP contribution in [0.5, 0.6) is 0 Å². The minimum atomic E-state index is -0.800. The van der Waals surface area contributed by atoms with E-state index < -0.39 is 5.60 Å². The highest BCUT2D eigenvalue weighted by Gasteiger charge is 2.43. The second kappa shape index (κ2) is 5.95. The number of aliphatic hydroxyl groups is 1. The molecule has 22 heavy (non-hydrogen) atoms. The van der Waals surface area contributed by atoms with Crippen LogP contribution in [-0.4, -0.2) is 42.4 Å². The first-order valence-electron chi connectivity index (χ1n) is 8.87. The van der Waals surface area contributed by atoms with Crippen LogP contribution in [0.2, 0.25) is 0 Å². The van der Waals surface area contributed by atoms with E-state index >= 15 is 0 Å². The molecule has 0 unspecified atom stereocenters. The summed E-state index contributed by atoms with van der Waals surface area (Å²) in [7, 11) is 0. The third-order valence-electron chi connectivity index (χ3n) is 6.17. The van der Waals surface area contributed by atoms with Gasteiger partial charge in [-0.2, -0.15) is 0 Å². The van der Waals surface area contributed by atoms with E-state index in [0.29, 0.717) is 24.5 Å². The monoisotopic (exact) mass is 301 g/mol. The molecular formula is C19H27NO2. The van der Waals surface area contributed by atoms with E-state index in [1.165, 1.54) is 32.4 Å². The van der Waals surface area contributed by atoms with Crippen LogP contribution < -0.4 is 0 Å². The summed E-state index contributed by atoms with van der Waals surface area (Å²) in [5.41, 5.74) is 0.229. The second-order valence-electron chi connectivity index (χ2n) is 7.41. The summed E-state index contributed by atoms with van der Waals surface area (Å²) in [6, 6.07) is 10.2. The van der Waals surface area contributed by atoms with Crippen molar-refractivity contribution in [1.82, 2.24) is 4.90 Å². The van der Waals surface area contributed by atoms with Crippen LogP contribution in [0.1, 0.15) is 37.7 Å². The van der Waals surface area contributed by atoms with Gasteiger partial charge in [0.15, 0.2) is 0 Å². The van der Waals surface area contributed by atoms with Crippen LogP contribution in [0.15, 0.2) is 30.3 Å². The number of hydrogen-bond donors (Lipinski definition) is 1. The van der Waals surface area contributed by atoms with Crippen molar-refractivity contribution < 1.29 is 9.84 Å². The number of fused-ring (bicyclic) bond motifs is 3. The Kier molecular flexibility index (Phi) is 3.97. The molecule has 5 rings (SSSR count). The maximum atomic E-state index is 11.4. The van der Waals surface area contributed by atoms with Crippen molar-refractivity contribution >= 4 is 0 Å². The van der Waals surface area contributed by atoms with Gasteiger partial charge >= 0.3 is 0 Å². The number of rotatable bonds is 5. The Morgan fingerprint density at radius 1 is 1.09 bits per heavy atom. The highest BCUT2D eigenvalue weighted by Crippen LogP contribution is 2.43. The summed E-state index contributed by atoms with van der Waals surface area (Å²) in [5, 5.41) is 11.4. The summed E-state index contributed by atoms with van der Waals surface area (Å²) < 4.78 is 6.30. The van der Waals surface area contributed by atoms with Gasteiger partial charge in [0.05, 0.1) is 12.7 Å². The van der Waals surface area contributed by atoms with Crippen molar-refractivity contribution in [2.45, 2.75) is 43.8 Å². The van der Waals surface area contributed by atoms with E-state index in [2.05, 4.69) is 17.0 Å². The Hall–Kier alpha value is -0.900. The van der Waals surface area contributed by atoms with Crippen molar-refractivity contribution in [3.63, 3.8) is 0 Å². The molecule has 3 nitrogen and oxygen atoms in total. The lowest BCUT2D eigenvalue weighted by Gasteiger charge is -2.47. The average Bonchev–Trinajstić information content (AvgIpc) is 2.53. The zero-order valence-electron chi connectivity index (χ0n) is 13.3. The van der Waals surface area contributed by atoms with Crippen molar-refractivity contribution in [1.29, 1.82) is 0 Å². The predicted octanol–water partition coefficient (Wildman–Crippen LogP) is 2.79. The quantitative estimate of drug-likeness (QED) is 0.908. The highest BCUT2D eigenvalue weighted by molar-refractivity contribution is 5.24. The molecule has 4 aliphatic rings. The molecule has 1 N–H and O–H groups in total. The average molecular weight is 301 g/mol. The molecule has 4 fully saturated rings. The Morgan fingerprint density at radius 3 is 2.36 bits per heavy atom. The number of piperidine rings is 3. The first-order chi connectivity index (χ1) is 10.8. The topological polar surface area (TPSA) is 32.7 Å². The van der Waals surface area contributed by atoms with Crippen molar-refractivity contribution in [2.75, 3.05) is 26.2 Å². The van der Waals surface area contributed by atoms with Gasteiger partial charge in [0.25, 0.3) is 0 Å². The van der Waals surface area contributed by atoms with E-state index in [0.717, 1.165) is 24.9 Å². The molecule has 1 aliphatic carbocycles. The minimum absolute atomic E-state index is 0.317. The SMILES string of the molecule is O[C@@](CO[C@@H]1CN2CCC1CC2)(c1ccccc1)C1CCC1. The Balaban J connectivity index is 1.47. The van der Waals surface area contributed by atoms with E-state index in [1.807, 2.05) is 18.2 Å². The third-order valence-corrected chi connectivity index (χ3v) is 6.17. The van der Waals surface area contributed by atoms with Gasteiger partial charge < -0.3 is 14.7 Å². The largest absolute Gasteiger partial charge is 0.382 e. The molecule has 2 atom stereocenters. The summed E-state index contributed by atoms with van der Waals surface area (Å²) in [5.74, 6) is 1.06. The van der Waals surface area contributed by atoms with Gasteiger partial charge in [0.2, 0.25) is 0 Å². The molecule has 3 heterocycles. The lowest BCUT2D eigenvalue weighted by Crippen LogP contribution is -2.53. The molecule has 0 aromatic heterocycles. The van der Waals surface area contributed by atoms with Crippen LogP contribution in [0.25, 0.3) is 0 Å². The first kappa shape index (κ1) is 14.7. The normalized spacial score (nSPS) is 34.1. The molecule has 3 heteroatoms. The van der Waals surface area contributed by atoms with Crippen LogP contribution in [0.3, 0.4) is 0 Å². The maximum absolute atomic E-state index is 11.4. The molecule has 3 saturated heterocycles. The van der Waals surface area contributed by atoms with Crippen LogP contribution in [0.4, 0.5) is 0 Å². The van der Waals surface area contributed by atoms with Crippen LogP contribution in [0, 0.1) is 11.8 Å². The number of nitrogens with zero attached hydrogens (tertiary/aromatic N) is 1. The molecule has 1 saturated carbocycles. The summed E-state index contributed by atoms with van der Waals surface area (Å²) in [6.07, 6.45) is 6.32. The summed E-state index contributed by atoms with van der Waals surface area (Å²) in [6.45, 7) is 3.98. The molecule has 1 aromatic carbocycles. The van der Waals surface area contributed by atoms with Gasteiger partial charge in [0.1, 0.15) is 5.60 Å². The molecule has 0 radical (unpaired) electrons. The molecule has 3 aliphatic heterocycles. The van der Waals surface area contributed by atoms with Gasteiger partial charge in [-0.05, 0) is 56.2 Å². The van der Waals surface area contributed by atoms with E-state index in [-0.39, 0.29) is 0 Å². The van der Waals surface area contributed by atoms with Crippen molar-refractivity contribution in [3.8, 4) is 0 Å². The van der Waals surface area contributed by atoms with Gasteiger partial charge in [-0.3, -0.25) is 0 Å². The first-order valence-corrected chi connectivity index (χ1v) is 8.87. The fraction of sp³-hybridized carbons (Fsp3) is 0.684. The van der Waals surface area contributed by atoms with E-state index in [9.17, 15) is 5.11 Å². The Bertz CT molecular complexity index is 493. The van der Waals surface area contributed by atoms with Crippen molar-refractivity contribution in [3.05, 3.63) is 35.9 Å². The smallest absolute Gasteiger partial charge is 0.116 e. The molecular weight excluding hydrogens is 274 g/mol. The molecule has 0 amide bonds. The second-order valence-corrected chi connectivity index (χ2v) is 7.41. The molecule has 120 valence electrons. The fourth-order valence-corrected chi connectivity index (χ4v) is 4.38. The zero-order chi connectivity index (χ0) is 15.0. The van der Waals surface area contributed by atoms with Crippen LogP contribution >= 0.6 is 0 Å². The lowest BCUT2D eigenvalue weighted by molar-refractivity contribution is -0.155. The van der Waals surface area contributed by atoms with Crippen LogP contribution in [-0.2, 0) is 10.3 Å². The van der Waals surface area contributed by atoms with E-state index in [4.69, 9.17) is 4.74 Å². The van der Waals surface area contributed by atoms with E-state index in [1.54, 1.807) is 0 Å². The predicted molar refractivity (Wildman–Crippen MR) is 86.6 cm³/mol. The van der Waals surface area contributed by atoms with Gasteiger partial charge in [-0.1, -0.05) is 36.8 Å². The summed E-state index contributed by atoms with van der Waals surface area (Å²) >= 11 is 0. The number of benzene rings is 1. The van der Waals surface area contributed by atoms with Crippen molar-refractivity contribution in [2.24, 2.45) is 11.8 Å². The third kappa shape index (κ3) is 2.60. The Morgan fingerprint density at radius 2 is 1.82 bits per heavy atom. The zero-order valence-corrected chi connectivity index (χ0v) is 13.3. The fourth-order valence-electron chi connectivity index (χ4n) is 4.38. The highest BCUT2D eigenvalue weighted by atomic mass is 16.5. The molecule has 2 bridgehead atoms. The molecule has 1 aromatic rings. The van der Waals surface area contributed by atoms with Gasteiger partial charge in [0, 0.05) is 6.54 Å². The van der Waals surface area contributed by atoms with Gasteiger partial charge in [-0.15, -0.1) is 0 Å². The summed E-state index contributed by atoms with van der Waals surface area (Å²) in [4.78, 5) is 2.51. The molecule has 0 spiro atoms. The Labute approximate surface area is 133 Å². The maximum Gasteiger partial charge on any atom is 0.116 e. The lowest BCUT2D eigenvalue weighted by atomic mass is 9.70.